The Hall–Kier alpha value is -0.960. The largest absolute Gasteiger partial charge is 0.312 e. The van der Waals surface area contributed by atoms with Crippen LogP contribution in [-0.2, 0) is 0 Å². The standard InChI is InChI=1S/C10H15FN2/c1-3-4-9(12-2)10-6-5-8(11)7-13-10/h5-7,9,12H,3-4H2,1-2H3. The topological polar surface area (TPSA) is 24.9 Å². The first-order valence-corrected chi connectivity index (χ1v) is 4.56. The Balaban J connectivity index is 2.73. The van der Waals surface area contributed by atoms with Gasteiger partial charge in [-0.05, 0) is 25.6 Å². The fourth-order valence-electron chi connectivity index (χ4n) is 1.32. The summed E-state index contributed by atoms with van der Waals surface area (Å²) < 4.78 is 12.6. The molecule has 0 radical (unpaired) electrons. The average Bonchev–Trinajstić information content (AvgIpc) is 2.16. The highest BCUT2D eigenvalue weighted by Gasteiger charge is 2.08. The fourth-order valence-corrected chi connectivity index (χ4v) is 1.32. The number of aromatic nitrogens is 1. The zero-order valence-corrected chi connectivity index (χ0v) is 8.05. The van der Waals surface area contributed by atoms with Crippen LogP contribution in [0.4, 0.5) is 4.39 Å². The van der Waals surface area contributed by atoms with Crippen molar-refractivity contribution in [2.75, 3.05) is 7.05 Å². The van der Waals surface area contributed by atoms with Crippen LogP contribution < -0.4 is 5.32 Å². The molecule has 1 atom stereocenters. The number of hydrogen-bond acceptors (Lipinski definition) is 2. The van der Waals surface area contributed by atoms with Crippen LogP contribution in [0.1, 0.15) is 31.5 Å². The number of hydrogen-bond donors (Lipinski definition) is 1. The third kappa shape index (κ3) is 2.77. The molecule has 0 bridgehead atoms. The van der Waals surface area contributed by atoms with Crippen LogP contribution in [0.3, 0.4) is 0 Å². The van der Waals surface area contributed by atoms with Crippen LogP contribution in [0.2, 0.25) is 0 Å². The predicted molar refractivity (Wildman–Crippen MR) is 50.9 cm³/mol. The van der Waals surface area contributed by atoms with E-state index in [0.717, 1.165) is 18.5 Å². The van der Waals surface area contributed by atoms with Gasteiger partial charge in [-0.2, -0.15) is 0 Å². The van der Waals surface area contributed by atoms with Crippen LogP contribution >= 0.6 is 0 Å². The number of halogens is 1. The molecule has 0 aliphatic carbocycles. The lowest BCUT2D eigenvalue weighted by Gasteiger charge is -2.13. The Morgan fingerprint density at radius 3 is 2.77 bits per heavy atom. The average molecular weight is 182 g/mol. The van der Waals surface area contributed by atoms with Crippen molar-refractivity contribution >= 4 is 0 Å². The summed E-state index contributed by atoms with van der Waals surface area (Å²) in [4.78, 5) is 4.03. The van der Waals surface area contributed by atoms with E-state index in [0.29, 0.717) is 0 Å². The third-order valence-corrected chi connectivity index (χ3v) is 2.03. The maximum Gasteiger partial charge on any atom is 0.141 e. The van der Waals surface area contributed by atoms with E-state index in [4.69, 9.17) is 0 Å². The molecule has 0 spiro atoms. The van der Waals surface area contributed by atoms with Crippen LogP contribution in [0.5, 0.6) is 0 Å². The fraction of sp³-hybridized carbons (Fsp3) is 0.500. The van der Waals surface area contributed by atoms with Crippen molar-refractivity contribution in [3.05, 3.63) is 29.8 Å². The van der Waals surface area contributed by atoms with Gasteiger partial charge in [0.1, 0.15) is 5.82 Å². The Morgan fingerprint density at radius 2 is 2.31 bits per heavy atom. The molecule has 0 fully saturated rings. The van der Waals surface area contributed by atoms with Gasteiger partial charge >= 0.3 is 0 Å². The molecule has 1 heterocycles. The first-order valence-electron chi connectivity index (χ1n) is 4.56. The number of rotatable bonds is 4. The second kappa shape index (κ2) is 4.92. The van der Waals surface area contributed by atoms with Crippen molar-refractivity contribution in [3.8, 4) is 0 Å². The normalized spacial score (nSPS) is 12.8. The van der Waals surface area contributed by atoms with Gasteiger partial charge in [-0.3, -0.25) is 4.98 Å². The molecule has 2 nitrogen and oxygen atoms in total. The number of nitrogens with one attached hydrogen (secondary N) is 1. The summed E-state index contributed by atoms with van der Waals surface area (Å²) in [5, 5.41) is 3.15. The summed E-state index contributed by atoms with van der Waals surface area (Å²) in [6, 6.07) is 3.42. The SMILES string of the molecule is CCCC(NC)c1ccc(F)cn1. The van der Waals surface area contributed by atoms with Crippen molar-refractivity contribution < 1.29 is 4.39 Å². The quantitative estimate of drug-likeness (QED) is 0.772. The van der Waals surface area contributed by atoms with E-state index >= 15 is 0 Å². The lowest BCUT2D eigenvalue weighted by atomic mass is 10.1. The van der Waals surface area contributed by atoms with Crippen molar-refractivity contribution in [1.82, 2.24) is 10.3 Å². The van der Waals surface area contributed by atoms with Gasteiger partial charge in [0.2, 0.25) is 0 Å². The highest BCUT2D eigenvalue weighted by atomic mass is 19.1. The summed E-state index contributed by atoms with van der Waals surface area (Å²) >= 11 is 0. The molecule has 1 rings (SSSR count). The molecule has 13 heavy (non-hydrogen) atoms. The molecule has 0 amide bonds. The van der Waals surface area contributed by atoms with Gasteiger partial charge in [0, 0.05) is 6.04 Å². The third-order valence-electron chi connectivity index (χ3n) is 2.03. The van der Waals surface area contributed by atoms with Crippen molar-refractivity contribution in [2.24, 2.45) is 0 Å². The van der Waals surface area contributed by atoms with Gasteiger partial charge in [-0.1, -0.05) is 13.3 Å². The summed E-state index contributed by atoms with van der Waals surface area (Å²) in [6.07, 6.45) is 3.37. The van der Waals surface area contributed by atoms with E-state index in [1.165, 1.54) is 12.3 Å². The monoisotopic (exact) mass is 182 g/mol. The predicted octanol–water partition coefficient (Wildman–Crippen LogP) is 2.28. The Labute approximate surface area is 78.2 Å². The molecule has 1 aromatic heterocycles. The maximum atomic E-state index is 12.6. The first-order chi connectivity index (χ1) is 6.27. The molecule has 1 unspecified atom stereocenters. The minimum absolute atomic E-state index is 0.241. The lowest BCUT2D eigenvalue weighted by Crippen LogP contribution is -2.17. The van der Waals surface area contributed by atoms with Gasteiger partial charge in [0.05, 0.1) is 11.9 Å². The molecular formula is C10H15FN2. The van der Waals surface area contributed by atoms with E-state index < -0.39 is 0 Å². The smallest absolute Gasteiger partial charge is 0.141 e. The second-order valence-corrected chi connectivity index (χ2v) is 3.03. The van der Waals surface area contributed by atoms with Crippen LogP contribution in [0.15, 0.2) is 18.3 Å². The molecule has 1 N–H and O–H groups in total. The van der Waals surface area contributed by atoms with Gasteiger partial charge in [-0.15, -0.1) is 0 Å². The van der Waals surface area contributed by atoms with Gasteiger partial charge in [0.15, 0.2) is 0 Å². The minimum Gasteiger partial charge on any atom is -0.312 e. The van der Waals surface area contributed by atoms with Crippen LogP contribution in [0, 0.1) is 5.82 Å². The van der Waals surface area contributed by atoms with E-state index in [1.54, 1.807) is 6.07 Å². The zero-order valence-electron chi connectivity index (χ0n) is 8.05. The summed E-state index contributed by atoms with van der Waals surface area (Å²) in [7, 11) is 1.89. The second-order valence-electron chi connectivity index (χ2n) is 3.03. The molecular weight excluding hydrogens is 167 g/mol. The molecule has 0 saturated carbocycles. The highest BCUT2D eigenvalue weighted by molar-refractivity contribution is 5.09. The van der Waals surface area contributed by atoms with Crippen molar-refractivity contribution in [2.45, 2.75) is 25.8 Å². The molecule has 0 aliphatic heterocycles. The Kier molecular flexibility index (Phi) is 3.83. The van der Waals surface area contributed by atoms with Crippen molar-refractivity contribution in [1.29, 1.82) is 0 Å². The van der Waals surface area contributed by atoms with Crippen LogP contribution in [-0.4, -0.2) is 12.0 Å². The van der Waals surface area contributed by atoms with Gasteiger partial charge in [-0.25, -0.2) is 4.39 Å². The molecule has 0 aliphatic rings. The molecule has 0 saturated heterocycles. The number of nitrogens with zero attached hydrogens (tertiary/aromatic N) is 1. The van der Waals surface area contributed by atoms with E-state index in [2.05, 4.69) is 17.2 Å². The lowest BCUT2D eigenvalue weighted by molar-refractivity contribution is 0.524. The molecule has 3 heteroatoms. The first kappa shape index (κ1) is 10.1. The van der Waals surface area contributed by atoms with Gasteiger partial charge in [0.25, 0.3) is 0 Å². The van der Waals surface area contributed by atoms with Gasteiger partial charge < -0.3 is 5.32 Å². The molecule has 72 valence electrons. The van der Waals surface area contributed by atoms with E-state index in [9.17, 15) is 4.39 Å². The maximum absolute atomic E-state index is 12.6. The number of pyridine rings is 1. The minimum atomic E-state index is -0.282. The molecule has 0 aromatic carbocycles. The molecule has 1 aromatic rings. The summed E-state index contributed by atoms with van der Waals surface area (Å²) in [6.45, 7) is 2.12. The Bertz CT molecular complexity index is 246. The zero-order chi connectivity index (χ0) is 9.68. The van der Waals surface area contributed by atoms with E-state index in [-0.39, 0.29) is 11.9 Å². The van der Waals surface area contributed by atoms with Crippen molar-refractivity contribution in [3.63, 3.8) is 0 Å². The highest BCUT2D eigenvalue weighted by Crippen LogP contribution is 2.15. The van der Waals surface area contributed by atoms with E-state index in [1.807, 2.05) is 7.05 Å². The summed E-state index contributed by atoms with van der Waals surface area (Å²) in [5.74, 6) is -0.282. The van der Waals surface area contributed by atoms with Crippen LogP contribution in [0.25, 0.3) is 0 Å². The Morgan fingerprint density at radius 1 is 1.54 bits per heavy atom. The summed E-state index contributed by atoms with van der Waals surface area (Å²) in [5.41, 5.74) is 0.908.